The molecule has 110 valence electrons. The van der Waals surface area contributed by atoms with Gasteiger partial charge in [0.15, 0.2) is 11.5 Å². The van der Waals surface area contributed by atoms with Gasteiger partial charge in [-0.2, -0.15) is 0 Å². The SMILES string of the molecule is CCOc1cc(C(=N)N)ccc1OCCN1CCCC1. The standard InChI is InChI=1S/C15H23N3O2/c1-2-19-14-11-12(15(16)17)5-6-13(14)20-10-9-18-7-3-4-8-18/h5-6,11H,2-4,7-10H2,1H3,(H3,16,17). The molecule has 0 atom stereocenters. The van der Waals surface area contributed by atoms with Crippen LogP contribution in [0.4, 0.5) is 0 Å². The van der Waals surface area contributed by atoms with Gasteiger partial charge in [0.2, 0.25) is 0 Å². The monoisotopic (exact) mass is 277 g/mol. The van der Waals surface area contributed by atoms with Gasteiger partial charge in [-0.05, 0) is 51.1 Å². The van der Waals surface area contributed by atoms with E-state index in [-0.39, 0.29) is 5.84 Å². The van der Waals surface area contributed by atoms with Crippen LogP contribution < -0.4 is 15.2 Å². The van der Waals surface area contributed by atoms with Crippen LogP contribution in [0.1, 0.15) is 25.3 Å². The summed E-state index contributed by atoms with van der Waals surface area (Å²) in [6.45, 7) is 6.42. The maximum absolute atomic E-state index is 7.46. The first-order valence-corrected chi connectivity index (χ1v) is 7.17. The van der Waals surface area contributed by atoms with Crippen molar-refractivity contribution in [1.29, 1.82) is 5.41 Å². The molecular formula is C15H23N3O2. The minimum absolute atomic E-state index is 0.0366. The number of nitrogens with two attached hydrogens (primary N) is 1. The minimum Gasteiger partial charge on any atom is -0.490 e. The van der Waals surface area contributed by atoms with E-state index in [4.69, 9.17) is 20.6 Å². The van der Waals surface area contributed by atoms with E-state index in [2.05, 4.69) is 4.90 Å². The maximum atomic E-state index is 7.46. The van der Waals surface area contributed by atoms with Crippen molar-refractivity contribution in [2.45, 2.75) is 19.8 Å². The maximum Gasteiger partial charge on any atom is 0.161 e. The molecule has 1 heterocycles. The smallest absolute Gasteiger partial charge is 0.161 e. The van der Waals surface area contributed by atoms with Crippen LogP contribution in [0.3, 0.4) is 0 Å². The van der Waals surface area contributed by atoms with Gasteiger partial charge in [0.1, 0.15) is 12.4 Å². The van der Waals surface area contributed by atoms with Crippen molar-refractivity contribution in [3.05, 3.63) is 23.8 Å². The molecule has 0 aliphatic carbocycles. The molecule has 0 unspecified atom stereocenters. The highest BCUT2D eigenvalue weighted by molar-refractivity contribution is 5.95. The van der Waals surface area contributed by atoms with Crippen molar-refractivity contribution >= 4 is 5.84 Å². The predicted octanol–water partition coefficient (Wildman–Crippen LogP) is 1.84. The normalized spacial score (nSPS) is 15.2. The molecule has 0 spiro atoms. The molecular weight excluding hydrogens is 254 g/mol. The Balaban J connectivity index is 1.96. The van der Waals surface area contributed by atoms with Crippen molar-refractivity contribution < 1.29 is 9.47 Å². The van der Waals surface area contributed by atoms with E-state index < -0.39 is 0 Å². The first kappa shape index (κ1) is 14.7. The van der Waals surface area contributed by atoms with E-state index in [9.17, 15) is 0 Å². The first-order valence-electron chi connectivity index (χ1n) is 7.17. The second-order valence-electron chi connectivity index (χ2n) is 4.91. The Labute approximate surface area is 120 Å². The average molecular weight is 277 g/mol. The Hall–Kier alpha value is -1.75. The number of ether oxygens (including phenoxy) is 2. The van der Waals surface area contributed by atoms with Gasteiger partial charge < -0.3 is 15.2 Å². The Bertz CT molecular complexity index is 456. The van der Waals surface area contributed by atoms with Crippen LogP contribution in [-0.2, 0) is 0 Å². The molecule has 0 bridgehead atoms. The molecule has 1 saturated heterocycles. The summed E-state index contributed by atoms with van der Waals surface area (Å²) in [5.74, 6) is 1.41. The third-order valence-corrected chi connectivity index (χ3v) is 3.42. The zero-order valence-corrected chi connectivity index (χ0v) is 12.0. The third kappa shape index (κ3) is 3.87. The van der Waals surface area contributed by atoms with E-state index in [0.29, 0.717) is 24.5 Å². The summed E-state index contributed by atoms with van der Waals surface area (Å²) in [7, 11) is 0. The molecule has 1 aliphatic rings. The molecule has 1 fully saturated rings. The second kappa shape index (κ2) is 7.14. The number of nitrogen functional groups attached to an aromatic ring is 1. The third-order valence-electron chi connectivity index (χ3n) is 3.42. The molecule has 0 radical (unpaired) electrons. The number of benzene rings is 1. The van der Waals surface area contributed by atoms with Crippen molar-refractivity contribution in [3.63, 3.8) is 0 Å². The van der Waals surface area contributed by atoms with Gasteiger partial charge in [0, 0.05) is 12.1 Å². The van der Waals surface area contributed by atoms with Gasteiger partial charge in [0.05, 0.1) is 6.61 Å². The number of nitrogens with one attached hydrogen (secondary N) is 1. The fraction of sp³-hybridized carbons (Fsp3) is 0.533. The molecule has 0 saturated carbocycles. The largest absolute Gasteiger partial charge is 0.490 e. The van der Waals surface area contributed by atoms with Crippen molar-refractivity contribution in [2.24, 2.45) is 5.73 Å². The van der Waals surface area contributed by atoms with Crippen LogP contribution in [0.2, 0.25) is 0 Å². The predicted molar refractivity (Wildman–Crippen MR) is 79.8 cm³/mol. The van der Waals surface area contributed by atoms with E-state index in [1.165, 1.54) is 25.9 Å². The van der Waals surface area contributed by atoms with Crippen molar-refractivity contribution in [1.82, 2.24) is 4.90 Å². The topological polar surface area (TPSA) is 71.6 Å². The van der Waals surface area contributed by atoms with Crippen LogP contribution in [0.25, 0.3) is 0 Å². The molecule has 1 aromatic carbocycles. The second-order valence-corrected chi connectivity index (χ2v) is 4.91. The van der Waals surface area contributed by atoms with Gasteiger partial charge in [-0.25, -0.2) is 0 Å². The molecule has 1 aliphatic heterocycles. The van der Waals surface area contributed by atoms with Gasteiger partial charge >= 0.3 is 0 Å². The lowest BCUT2D eigenvalue weighted by atomic mass is 10.2. The zero-order chi connectivity index (χ0) is 14.4. The number of amidine groups is 1. The molecule has 5 heteroatoms. The van der Waals surface area contributed by atoms with Crippen LogP contribution in [0.5, 0.6) is 11.5 Å². The van der Waals surface area contributed by atoms with Gasteiger partial charge in [-0.15, -0.1) is 0 Å². The molecule has 20 heavy (non-hydrogen) atoms. The van der Waals surface area contributed by atoms with E-state index in [1.54, 1.807) is 12.1 Å². The fourth-order valence-electron chi connectivity index (χ4n) is 2.35. The number of rotatable bonds is 7. The van der Waals surface area contributed by atoms with Crippen LogP contribution >= 0.6 is 0 Å². The van der Waals surface area contributed by atoms with Crippen LogP contribution in [0, 0.1) is 5.41 Å². The number of nitrogens with zero attached hydrogens (tertiary/aromatic N) is 1. The summed E-state index contributed by atoms with van der Waals surface area (Å²) in [6.07, 6.45) is 2.58. The fourth-order valence-corrected chi connectivity index (χ4v) is 2.35. The minimum atomic E-state index is 0.0366. The number of hydrogen-bond donors (Lipinski definition) is 2. The highest BCUT2D eigenvalue weighted by atomic mass is 16.5. The summed E-state index contributed by atoms with van der Waals surface area (Å²) in [4.78, 5) is 2.41. The lowest BCUT2D eigenvalue weighted by molar-refractivity contribution is 0.226. The van der Waals surface area contributed by atoms with Gasteiger partial charge in [-0.3, -0.25) is 10.3 Å². The lowest BCUT2D eigenvalue weighted by Gasteiger charge is -2.17. The Morgan fingerprint density at radius 2 is 2.00 bits per heavy atom. The summed E-state index contributed by atoms with van der Waals surface area (Å²) in [5.41, 5.74) is 6.15. The van der Waals surface area contributed by atoms with Gasteiger partial charge in [-0.1, -0.05) is 0 Å². The zero-order valence-electron chi connectivity index (χ0n) is 12.0. The van der Waals surface area contributed by atoms with Crippen LogP contribution in [-0.4, -0.2) is 43.6 Å². The quantitative estimate of drug-likeness (QED) is 0.589. The molecule has 3 N–H and O–H groups in total. The molecule has 5 nitrogen and oxygen atoms in total. The molecule has 0 amide bonds. The highest BCUT2D eigenvalue weighted by Gasteiger charge is 2.12. The highest BCUT2D eigenvalue weighted by Crippen LogP contribution is 2.28. The van der Waals surface area contributed by atoms with Crippen LogP contribution in [0.15, 0.2) is 18.2 Å². The Morgan fingerprint density at radius 3 is 2.65 bits per heavy atom. The summed E-state index contributed by atoms with van der Waals surface area (Å²) >= 11 is 0. The molecule has 1 aromatic rings. The van der Waals surface area contributed by atoms with E-state index >= 15 is 0 Å². The van der Waals surface area contributed by atoms with Crippen molar-refractivity contribution in [2.75, 3.05) is 32.8 Å². The van der Waals surface area contributed by atoms with E-state index in [0.717, 1.165) is 12.3 Å². The van der Waals surface area contributed by atoms with Crippen molar-refractivity contribution in [3.8, 4) is 11.5 Å². The lowest BCUT2D eigenvalue weighted by Crippen LogP contribution is -2.25. The number of hydrogen-bond acceptors (Lipinski definition) is 4. The summed E-state index contributed by atoms with van der Waals surface area (Å²) in [6, 6.07) is 5.37. The first-order chi connectivity index (χ1) is 9.70. The van der Waals surface area contributed by atoms with E-state index in [1.807, 2.05) is 13.0 Å². The number of likely N-dealkylation sites (tertiary alicyclic amines) is 1. The average Bonchev–Trinajstić information content (AvgIpc) is 2.93. The van der Waals surface area contributed by atoms with Gasteiger partial charge in [0.25, 0.3) is 0 Å². The molecule has 0 aromatic heterocycles. The molecule has 2 rings (SSSR count). The summed E-state index contributed by atoms with van der Waals surface area (Å²) < 4.78 is 11.4. The Kier molecular flexibility index (Phi) is 5.24. The summed E-state index contributed by atoms with van der Waals surface area (Å²) in [5, 5.41) is 7.46. The Morgan fingerprint density at radius 1 is 1.25 bits per heavy atom.